The minimum absolute atomic E-state index is 0.184. The molecule has 1 saturated carbocycles. The molecule has 2 aromatic rings. The highest BCUT2D eigenvalue weighted by atomic mass is 32.1. The smallest absolute Gasteiger partial charge is 0.252 e. The molecule has 146 valence electrons. The van der Waals surface area contributed by atoms with E-state index in [0.717, 1.165) is 23.4 Å². The summed E-state index contributed by atoms with van der Waals surface area (Å²) in [5, 5.41) is 7.93. The van der Waals surface area contributed by atoms with Gasteiger partial charge in [-0.05, 0) is 44.3 Å². The summed E-state index contributed by atoms with van der Waals surface area (Å²) in [5.74, 6) is 1.59. The largest absolute Gasteiger partial charge is 0.358 e. The van der Waals surface area contributed by atoms with E-state index in [4.69, 9.17) is 12.2 Å². The van der Waals surface area contributed by atoms with Gasteiger partial charge < -0.3 is 5.32 Å². The molecule has 3 N–H and O–H groups in total. The molecule has 0 bridgehead atoms. The summed E-state index contributed by atoms with van der Waals surface area (Å²) in [6, 6.07) is 0.342. The number of aryl methyl sites for hydroxylation is 2. The van der Waals surface area contributed by atoms with Crippen molar-refractivity contribution in [2.45, 2.75) is 59.4 Å². The molecule has 1 aliphatic carbocycles. The first-order valence-corrected chi connectivity index (χ1v) is 9.78. The van der Waals surface area contributed by atoms with Gasteiger partial charge in [-0.15, -0.1) is 0 Å². The van der Waals surface area contributed by atoms with Crippen LogP contribution in [0.25, 0.3) is 5.78 Å². The standard InChI is InChI=1S/C18H27N7OS/c1-10-6-5-7-15(11(10)2)22-18(27)24-23-16(26)8-14-12(3)21-17-19-9-20-25(17)13(14)4/h9-11,15H,5-8H2,1-4H3,(H,23,26)(H2,22,24,27)/t10-,11-,15-/m0/s1. The van der Waals surface area contributed by atoms with Gasteiger partial charge in [-0.25, -0.2) is 9.50 Å². The van der Waals surface area contributed by atoms with Crippen molar-refractivity contribution in [1.82, 2.24) is 35.8 Å². The highest BCUT2D eigenvalue weighted by Gasteiger charge is 2.27. The number of rotatable bonds is 3. The number of aromatic nitrogens is 4. The third kappa shape index (κ3) is 4.35. The summed E-state index contributed by atoms with van der Waals surface area (Å²) in [4.78, 5) is 20.8. The topological polar surface area (TPSA) is 96.2 Å². The quantitative estimate of drug-likeness (QED) is 0.542. The third-order valence-corrected chi connectivity index (χ3v) is 5.88. The van der Waals surface area contributed by atoms with E-state index in [2.05, 4.69) is 45.1 Å². The van der Waals surface area contributed by atoms with Crippen molar-refractivity contribution in [3.63, 3.8) is 0 Å². The average molecular weight is 390 g/mol. The molecule has 2 heterocycles. The molecule has 3 rings (SSSR count). The predicted molar refractivity (Wildman–Crippen MR) is 107 cm³/mol. The van der Waals surface area contributed by atoms with Crippen LogP contribution in [-0.2, 0) is 11.2 Å². The number of carbonyl (C=O) groups is 1. The maximum absolute atomic E-state index is 12.4. The van der Waals surface area contributed by atoms with Gasteiger partial charge in [0.1, 0.15) is 6.33 Å². The van der Waals surface area contributed by atoms with E-state index in [9.17, 15) is 4.79 Å². The summed E-state index contributed by atoms with van der Waals surface area (Å²) >= 11 is 5.34. The van der Waals surface area contributed by atoms with Crippen LogP contribution in [0, 0.1) is 25.7 Å². The van der Waals surface area contributed by atoms with Crippen molar-refractivity contribution < 1.29 is 4.79 Å². The van der Waals surface area contributed by atoms with Crippen LogP contribution in [-0.4, -0.2) is 36.6 Å². The number of hydrogen-bond acceptors (Lipinski definition) is 5. The first kappa shape index (κ1) is 19.5. The molecule has 9 heteroatoms. The van der Waals surface area contributed by atoms with Gasteiger partial charge in [0.25, 0.3) is 5.78 Å². The van der Waals surface area contributed by atoms with Crippen molar-refractivity contribution in [2.24, 2.45) is 11.8 Å². The van der Waals surface area contributed by atoms with Gasteiger partial charge in [0.2, 0.25) is 5.91 Å². The van der Waals surface area contributed by atoms with E-state index in [-0.39, 0.29) is 12.3 Å². The Morgan fingerprint density at radius 3 is 2.85 bits per heavy atom. The van der Waals surface area contributed by atoms with Crippen LogP contribution in [0.3, 0.4) is 0 Å². The second-order valence-corrected chi connectivity index (χ2v) is 7.84. The van der Waals surface area contributed by atoms with Gasteiger partial charge in [-0.2, -0.15) is 10.1 Å². The minimum atomic E-state index is -0.184. The molecule has 0 radical (unpaired) electrons. The average Bonchev–Trinajstić information content (AvgIpc) is 3.09. The van der Waals surface area contributed by atoms with Crippen LogP contribution in [0.1, 0.15) is 50.1 Å². The van der Waals surface area contributed by atoms with Crippen molar-refractivity contribution in [3.8, 4) is 0 Å². The predicted octanol–water partition coefficient (Wildman–Crippen LogP) is 1.60. The zero-order chi connectivity index (χ0) is 19.6. The Labute approximate surface area is 164 Å². The molecule has 8 nitrogen and oxygen atoms in total. The molecule has 0 aromatic carbocycles. The zero-order valence-corrected chi connectivity index (χ0v) is 17.1. The van der Waals surface area contributed by atoms with Gasteiger partial charge in [0.15, 0.2) is 5.11 Å². The van der Waals surface area contributed by atoms with Crippen molar-refractivity contribution in [2.75, 3.05) is 0 Å². The maximum Gasteiger partial charge on any atom is 0.252 e. The Kier molecular flexibility index (Phi) is 5.88. The van der Waals surface area contributed by atoms with Gasteiger partial charge in [-0.1, -0.05) is 26.7 Å². The first-order chi connectivity index (χ1) is 12.9. The molecule has 0 saturated heterocycles. The highest BCUT2D eigenvalue weighted by Crippen LogP contribution is 2.29. The van der Waals surface area contributed by atoms with E-state index in [1.165, 1.54) is 19.2 Å². The molecule has 1 amide bonds. The van der Waals surface area contributed by atoms with E-state index >= 15 is 0 Å². The summed E-state index contributed by atoms with van der Waals surface area (Å²) in [5.41, 5.74) is 7.96. The number of hydrogen-bond donors (Lipinski definition) is 3. The lowest BCUT2D eigenvalue weighted by Gasteiger charge is -2.35. The Hall–Kier alpha value is -2.29. The van der Waals surface area contributed by atoms with E-state index < -0.39 is 0 Å². The van der Waals surface area contributed by atoms with E-state index in [1.54, 1.807) is 4.52 Å². The van der Waals surface area contributed by atoms with Crippen LogP contribution < -0.4 is 16.2 Å². The lowest BCUT2D eigenvalue weighted by atomic mass is 9.78. The third-order valence-electron chi connectivity index (χ3n) is 5.66. The number of nitrogens with one attached hydrogen (secondary N) is 3. The molecule has 0 unspecified atom stereocenters. The summed E-state index contributed by atoms with van der Waals surface area (Å²) < 4.78 is 1.64. The van der Waals surface area contributed by atoms with Crippen molar-refractivity contribution in [3.05, 3.63) is 23.3 Å². The number of carbonyl (C=O) groups excluding carboxylic acids is 1. The lowest BCUT2D eigenvalue weighted by molar-refractivity contribution is -0.121. The number of nitrogens with zero attached hydrogens (tertiary/aromatic N) is 4. The van der Waals surface area contributed by atoms with Crippen molar-refractivity contribution >= 4 is 29.0 Å². The zero-order valence-electron chi connectivity index (χ0n) is 16.2. The molecular formula is C18H27N7OS. The second kappa shape index (κ2) is 8.16. The van der Waals surface area contributed by atoms with Crippen LogP contribution in [0.5, 0.6) is 0 Å². The molecule has 3 atom stereocenters. The molecule has 2 aromatic heterocycles. The number of hydrazine groups is 1. The van der Waals surface area contributed by atoms with Gasteiger partial charge >= 0.3 is 0 Å². The fourth-order valence-corrected chi connectivity index (χ4v) is 3.94. The van der Waals surface area contributed by atoms with E-state index in [0.29, 0.717) is 28.8 Å². The fraction of sp³-hybridized carbons (Fsp3) is 0.611. The summed E-state index contributed by atoms with van der Waals surface area (Å²) in [6.07, 6.45) is 5.21. The van der Waals surface area contributed by atoms with E-state index in [1.807, 2.05) is 13.8 Å². The number of amides is 1. The first-order valence-electron chi connectivity index (χ1n) is 9.38. The maximum atomic E-state index is 12.4. The monoisotopic (exact) mass is 389 g/mol. The molecule has 27 heavy (non-hydrogen) atoms. The number of thiocarbonyl (C=S) groups is 1. The molecule has 0 aliphatic heterocycles. The molecule has 0 spiro atoms. The van der Waals surface area contributed by atoms with Gasteiger partial charge in [0.05, 0.1) is 6.42 Å². The second-order valence-electron chi connectivity index (χ2n) is 7.43. The molecular weight excluding hydrogens is 362 g/mol. The molecule has 1 fully saturated rings. The Balaban J connectivity index is 1.55. The lowest BCUT2D eigenvalue weighted by Crippen LogP contribution is -2.52. The minimum Gasteiger partial charge on any atom is -0.358 e. The molecule has 1 aliphatic rings. The Bertz CT molecular complexity index is 850. The fourth-order valence-electron chi connectivity index (χ4n) is 3.73. The van der Waals surface area contributed by atoms with Crippen LogP contribution in [0.4, 0.5) is 0 Å². The number of fused-ring (bicyclic) bond motifs is 1. The van der Waals surface area contributed by atoms with Crippen molar-refractivity contribution in [1.29, 1.82) is 0 Å². The van der Waals surface area contributed by atoms with Crippen LogP contribution >= 0.6 is 12.2 Å². The Morgan fingerprint density at radius 1 is 1.30 bits per heavy atom. The SMILES string of the molecule is Cc1nc2ncnn2c(C)c1CC(=O)NNC(=S)N[C@H]1CCC[C@H](C)[C@@H]1C. The summed E-state index contributed by atoms with van der Waals surface area (Å²) in [6.45, 7) is 8.31. The Morgan fingerprint density at radius 2 is 2.07 bits per heavy atom. The highest BCUT2D eigenvalue weighted by molar-refractivity contribution is 7.80. The summed E-state index contributed by atoms with van der Waals surface area (Å²) in [7, 11) is 0. The normalized spacial score (nSPS) is 22.4. The van der Waals surface area contributed by atoms with Gasteiger partial charge in [-0.3, -0.25) is 15.6 Å². The van der Waals surface area contributed by atoms with Crippen LogP contribution in [0.2, 0.25) is 0 Å². The van der Waals surface area contributed by atoms with Gasteiger partial charge in [0, 0.05) is 23.0 Å². The van der Waals surface area contributed by atoms with Crippen LogP contribution in [0.15, 0.2) is 6.33 Å².